The van der Waals surface area contributed by atoms with Crippen LogP contribution in [0, 0.1) is 0 Å². The molecule has 0 unspecified atom stereocenters. The van der Waals surface area contributed by atoms with Crippen molar-refractivity contribution in [3.63, 3.8) is 0 Å². The van der Waals surface area contributed by atoms with Gasteiger partial charge in [0.05, 0.1) is 11.2 Å². The average Bonchev–Trinajstić information content (AvgIpc) is 3.42. The molecule has 1 N–H and O–H groups in total. The molecular weight excluding hydrogens is 396 g/mol. The zero-order chi connectivity index (χ0) is 20.9. The number of carbonyl (C=O) groups is 1. The molecule has 0 spiro atoms. The van der Waals surface area contributed by atoms with Gasteiger partial charge in [0.2, 0.25) is 0 Å². The first-order valence-electron chi connectivity index (χ1n) is 9.62. The summed E-state index contributed by atoms with van der Waals surface area (Å²) in [6.07, 6.45) is 5.11. The number of carbonyl (C=O) groups excluding carboxylic acids is 1. The van der Waals surface area contributed by atoms with Gasteiger partial charge in [-0.15, -0.1) is 11.3 Å². The molecule has 0 saturated carbocycles. The number of fused-ring (bicyclic) bond motifs is 2. The topological polar surface area (TPSA) is 72.8 Å². The van der Waals surface area contributed by atoms with Gasteiger partial charge >= 0.3 is 6.09 Å². The zero-order valence-electron chi connectivity index (χ0n) is 16.8. The summed E-state index contributed by atoms with van der Waals surface area (Å²) in [5.41, 5.74) is 3.87. The van der Waals surface area contributed by atoms with Gasteiger partial charge in [-0.25, -0.2) is 14.8 Å². The molecule has 150 valence electrons. The fourth-order valence-corrected chi connectivity index (χ4v) is 4.34. The van der Waals surface area contributed by atoms with Gasteiger partial charge < -0.3 is 9.72 Å². The SMILES string of the molecule is CC(C)(C)OC(=O)n1cc(-c2nc(-c3c[nH]c4ncccc34)cs2)c2ccccc21. The normalized spacial score (nSPS) is 12.0. The number of thiazole rings is 1. The molecule has 0 aliphatic carbocycles. The number of aromatic nitrogens is 4. The van der Waals surface area contributed by atoms with E-state index >= 15 is 0 Å². The Morgan fingerprint density at radius 3 is 2.73 bits per heavy atom. The maximum absolute atomic E-state index is 12.8. The van der Waals surface area contributed by atoms with E-state index in [0.29, 0.717) is 0 Å². The molecule has 5 aromatic rings. The van der Waals surface area contributed by atoms with Crippen LogP contribution in [0.1, 0.15) is 20.8 Å². The summed E-state index contributed by atoms with van der Waals surface area (Å²) in [5, 5.41) is 4.88. The van der Waals surface area contributed by atoms with E-state index in [2.05, 4.69) is 9.97 Å². The van der Waals surface area contributed by atoms with Gasteiger partial charge in [-0.05, 0) is 39.0 Å². The van der Waals surface area contributed by atoms with Crippen molar-refractivity contribution >= 4 is 39.4 Å². The van der Waals surface area contributed by atoms with E-state index in [1.807, 2.05) is 74.9 Å². The molecule has 4 heterocycles. The van der Waals surface area contributed by atoms with Crippen LogP contribution in [0.15, 0.2) is 60.4 Å². The molecule has 0 saturated heterocycles. The Balaban J connectivity index is 1.60. The van der Waals surface area contributed by atoms with Crippen LogP contribution in [-0.2, 0) is 4.74 Å². The number of pyridine rings is 1. The van der Waals surface area contributed by atoms with Gasteiger partial charge in [0, 0.05) is 45.9 Å². The third kappa shape index (κ3) is 3.17. The number of H-pyrrole nitrogens is 1. The van der Waals surface area contributed by atoms with Crippen LogP contribution in [0.3, 0.4) is 0 Å². The molecule has 4 aromatic heterocycles. The molecular formula is C23H20N4O2S. The summed E-state index contributed by atoms with van der Waals surface area (Å²) >= 11 is 1.55. The van der Waals surface area contributed by atoms with E-state index in [4.69, 9.17) is 9.72 Å². The Morgan fingerprint density at radius 1 is 1.10 bits per heavy atom. The van der Waals surface area contributed by atoms with Gasteiger partial charge in [0.25, 0.3) is 0 Å². The second kappa shape index (κ2) is 6.81. The fraction of sp³-hybridized carbons (Fsp3) is 0.174. The number of hydrogen-bond acceptors (Lipinski definition) is 5. The minimum absolute atomic E-state index is 0.399. The van der Waals surface area contributed by atoms with E-state index in [9.17, 15) is 4.79 Å². The highest BCUT2D eigenvalue weighted by Gasteiger charge is 2.22. The largest absolute Gasteiger partial charge is 0.443 e. The summed E-state index contributed by atoms with van der Waals surface area (Å²) in [5.74, 6) is 0. The minimum Gasteiger partial charge on any atom is -0.443 e. The average molecular weight is 417 g/mol. The van der Waals surface area contributed by atoms with E-state index in [-0.39, 0.29) is 0 Å². The molecule has 0 bridgehead atoms. The van der Waals surface area contributed by atoms with Crippen molar-refractivity contribution in [3.05, 3.63) is 60.4 Å². The van der Waals surface area contributed by atoms with E-state index in [1.165, 1.54) is 0 Å². The van der Waals surface area contributed by atoms with Crippen molar-refractivity contribution in [3.8, 4) is 21.8 Å². The lowest BCUT2D eigenvalue weighted by Gasteiger charge is -2.19. The third-order valence-corrected chi connectivity index (χ3v) is 5.64. The van der Waals surface area contributed by atoms with Gasteiger partial charge in [-0.1, -0.05) is 18.2 Å². The van der Waals surface area contributed by atoms with Crippen LogP contribution in [0.4, 0.5) is 4.79 Å². The number of ether oxygens (including phenoxy) is 1. The molecule has 5 rings (SSSR count). The number of nitrogens with zero attached hydrogens (tertiary/aromatic N) is 3. The Bertz CT molecular complexity index is 1390. The first kappa shape index (κ1) is 18.6. The first-order chi connectivity index (χ1) is 14.4. The summed E-state index contributed by atoms with van der Waals surface area (Å²) in [6, 6.07) is 11.7. The van der Waals surface area contributed by atoms with Crippen molar-refractivity contribution in [1.29, 1.82) is 0 Å². The van der Waals surface area contributed by atoms with Crippen LogP contribution < -0.4 is 0 Å². The van der Waals surface area contributed by atoms with Crippen LogP contribution in [0.2, 0.25) is 0 Å². The number of aromatic amines is 1. The number of para-hydroxylation sites is 1. The molecule has 7 heteroatoms. The highest BCUT2D eigenvalue weighted by molar-refractivity contribution is 7.13. The maximum atomic E-state index is 12.8. The second-order valence-corrected chi connectivity index (χ2v) is 8.91. The lowest BCUT2D eigenvalue weighted by molar-refractivity contribution is 0.0544. The highest BCUT2D eigenvalue weighted by Crippen LogP contribution is 2.36. The Kier molecular flexibility index (Phi) is 4.22. The number of hydrogen-bond donors (Lipinski definition) is 1. The Hall–Kier alpha value is -3.45. The number of nitrogens with one attached hydrogen (secondary N) is 1. The number of benzene rings is 1. The van der Waals surface area contributed by atoms with Gasteiger partial charge in [-0.2, -0.15) is 0 Å². The third-order valence-electron chi connectivity index (χ3n) is 4.76. The molecule has 0 radical (unpaired) electrons. The molecule has 0 aliphatic rings. The maximum Gasteiger partial charge on any atom is 0.419 e. The molecule has 1 aromatic carbocycles. The van der Waals surface area contributed by atoms with Crippen molar-refractivity contribution in [2.45, 2.75) is 26.4 Å². The van der Waals surface area contributed by atoms with E-state index < -0.39 is 11.7 Å². The predicted octanol–water partition coefficient (Wildman–Crippen LogP) is 6.09. The quantitative estimate of drug-likeness (QED) is 0.378. The number of rotatable bonds is 2. The van der Waals surface area contributed by atoms with Gasteiger partial charge in [-0.3, -0.25) is 4.57 Å². The zero-order valence-corrected chi connectivity index (χ0v) is 17.7. The monoisotopic (exact) mass is 416 g/mol. The lowest BCUT2D eigenvalue weighted by atomic mass is 10.1. The van der Waals surface area contributed by atoms with E-state index in [0.717, 1.165) is 43.8 Å². The Labute approximate surface area is 177 Å². The molecule has 0 atom stereocenters. The smallest absolute Gasteiger partial charge is 0.419 e. The van der Waals surface area contributed by atoms with Gasteiger partial charge in [0.15, 0.2) is 0 Å². The highest BCUT2D eigenvalue weighted by atomic mass is 32.1. The minimum atomic E-state index is -0.569. The summed E-state index contributed by atoms with van der Waals surface area (Å²) in [7, 11) is 0. The van der Waals surface area contributed by atoms with Crippen molar-refractivity contribution in [1.82, 2.24) is 19.5 Å². The van der Waals surface area contributed by atoms with Gasteiger partial charge in [0.1, 0.15) is 16.3 Å². The summed E-state index contributed by atoms with van der Waals surface area (Å²) < 4.78 is 7.15. The van der Waals surface area contributed by atoms with Crippen molar-refractivity contribution < 1.29 is 9.53 Å². The molecule has 0 amide bonds. The predicted molar refractivity (Wildman–Crippen MR) is 120 cm³/mol. The van der Waals surface area contributed by atoms with Crippen molar-refractivity contribution in [2.75, 3.05) is 0 Å². The fourth-order valence-electron chi connectivity index (χ4n) is 3.50. The van der Waals surface area contributed by atoms with Crippen LogP contribution in [-0.4, -0.2) is 31.2 Å². The lowest BCUT2D eigenvalue weighted by Crippen LogP contribution is -2.26. The summed E-state index contributed by atoms with van der Waals surface area (Å²) in [4.78, 5) is 25.2. The van der Waals surface area contributed by atoms with Crippen LogP contribution >= 0.6 is 11.3 Å². The van der Waals surface area contributed by atoms with Crippen molar-refractivity contribution in [2.24, 2.45) is 0 Å². The van der Waals surface area contributed by atoms with Crippen LogP contribution in [0.25, 0.3) is 43.8 Å². The van der Waals surface area contributed by atoms with E-state index in [1.54, 1.807) is 22.1 Å². The molecule has 6 nitrogen and oxygen atoms in total. The van der Waals surface area contributed by atoms with Crippen LogP contribution in [0.5, 0.6) is 0 Å². The summed E-state index contributed by atoms with van der Waals surface area (Å²) in [6.45, 7) is 5.59. The molecule has 0 fully saturated rings. The second-order valence-electron chi connectivity index (χ2n) is 8.05. The Morgan fingerprint density at radius 2 is 1.90 bits per heavy atom. The molecule has 0 aliphatic heterocycles. The first-order valence-corrected chi connectivity index (χ1v) is 10.5. The molecule has 30 heavy (non-hydrogen) atoms. The standard InChI is InChI=1S/C23H20N4O2S/c1-23(2,3)29-22(28)27-12-17(14-7-4-5-9-19(14)27)21-26-18(13-30-21)16-11-25-20-15(16)8-6-10-24-20/h4-13H,1-3H3,(H,24,25).